The van der Waals surface area contributed by atoms with Gasteiger partial charge in [-0.1, -0.05) is 39.0 Å². The summed E-state index contributed by atoms with van der Waals surface area (Å²) in [6.07, 6.45) is 2.14. The number of phenolic OH excluding ortho intramolecular Hbond substituents is 1. The van der Waals surface area contributed by atoms with Crippen molar-refractivity contribution in [2.45, 2.75) is 78.7 Å². The van der Waals surface area contributed by atoms with Crippen molar-refractivity contribution in [2.75, 3.05) is 13.7 Å². The zero-order chi connectivity index (χ0) is 39.0. The minimum atomic E-state index is -2.14. The minimum Gasteiger partial charge on any atom is -0.507 e. The third-order valence-electron chi connectivity index (χ3n) is 9.99. The van der Waals surface area contributed by atoms with Gasteiger partial charge in [-0.2, -0.15) is 0 Å². The molecule has 5 bridgehead atoms. The molecule has 4 aliphatic rings. The van der Waals surface area contributed by atoms with Crippen LogP contribution < -0.4 is 10.1 Å². The van der Waals surface area contributed by atoms with E-state index in [4.69, 9.17) is 18.9 Å². The lowest BCUT2D eigenvalue weighted by atomic mass is 9.78. The zero-order valence-corrected chi connectivity index (χ0v) is 30.1. The second-order valence-corrected chi connectivity index (χ2v) is 13.5. The van der Waals surface area contributed by atoms with Crippen LogP contribution in [0, 0.1) is 30.6 Å². The number of amides is 1. The molecule has 1 aromatic rings. The van der Waals surface area contributed by atoms with Crippen LogP contribution in [-0.4, -0.2) is 98.7 Å². The number of rotatable bonds is 3. The van der Waals surface area contributed by atoms with Gasteiger partial charge < -0.3 is 49.8 Å². The average molecular weight is 728 g/mol. The van der Waals surface area contributed by atoms with Gasteiger partial charge in [-0.25, -0.2) is 0 Å². The van der Waals surface area contributed by atoms with E-state index in [1.54, 1.807) is 20.8 Å². The number of esters is 1. The predicted molar refractivity (Wildman–Crippen MR) is 183 cm³/mol. The number of carbonyl (C=O) groups excluding carboxylic acids is 5. The molecule has 52 heavy (non-hydrogen) atoms. The maximum Gasteiger partial charge on any atom is 0.312 e. The Kier molecular flexibility index (Phi) is 11.8. The van der Waals surface area contributed by atoms with Gasteiger partial charge in [-0.3, -0.25) is 24.0 Å². The molecule has 15 heteroatoms. The van der Waals surface area contributed by atoms with Crippen LogP contribution in [0.5, 0.6) is 11.5 Å². The highest BCUT2D eigenvalue weighted by molar-refractivity contribution is 6.53. The summed E-state index contributed by atoms with van der Waals surface area (Å²) in [5, 5.41) is 57.2. The van der Waals surface area contributed by atoms with Crippen LogP contribution in [0.2, 0.25) is 0 Å². The van der Waals surface area contributed by atoms with Gasteiger partial charge in [0.15, 0.2) is 5.76 Å². The molecule has 282 valence electrons. The lowest BCUT2D eigenvalue weighted by Crippen LogP contribution is -2.47. The summed E-state index contributed by atoms with van der Waals surface area (Å²) >= 11 is 0. The number of Topliss-reactive ketones (excluding diaryl/α,β-unsaturated/α-hetero) is 3. The second-order valence-electron chi connectivity index (χ2n) is 13.5. The molecule has 15 nitrogen and oxygen atoms in total. The Balaban J connectivity index is 1.89. The van der Waals surface area contributed by atoms with Crippen molar-refractivity contribution < 1.29 is 68.5 Å². The quantitative estimate of drug-likeness (QED) is 0.194. The Hall–Kier alpha value is -4.83. The number of allylic oxidation sites excluding steroid dienone is 3. The van der Waals surface area contributed by atoms with Gasteiger partial charge in [-0.05, 0) is 19.9 Å². The van der Waals surface area contributed by atoms with Gasteiger partial charge in [0.2, 0.25) is 5.78 Å². The Morgan fingerprint density at radius 2 is 1.60 bits per heavy atom. The molecular weight excluding hydrogens is 682 g/mol. The number of ether oxygens (including phenoxy) is 4. The largest absolute Gasteiger partial charge is 0.507 e. The lowest BCUT2D eigenvalue weighted by Gasteiger charge is -2.38. The number of ketones is 3. The summed E-state index contributed by atoms with van der Waals surface area (Å²) in [5.74, 6) is -12.4. The number of aliphatic hydroxyl groups is 4. The van der Waals surface area contributed by atoms with Crippen LogP contribution in [0.3, 0.4) is 0 Å². The summed E-state index contributed by atoms with van der Waals surface area (Å²) in [5.41, 5.74) is -2.54. The molecule has 3 heterocycles. The number of methoxy groups -OCH3 is 1. The summed E-state index contributed by atoms with van der Waals surface area (Å²) in [7, 11) is 1.37. The first-order valence-corrected chi connectivity index (χ1v) is 16.7. The average Bonchev–Trinajstić information content (AvgIpc) is 3.37. The van der Waals surface area contributed by atoms with Crippen LogP contribution in [-0.2, 0) is 28.6 Å². The van der Waals surface area contributed by atoms with E-state index in [1.165, 1.54) is 59.1 Å². The van der Waals surface area contributed by atoms with E-state index in [2.05, 4.69) is 5.32 Å². The molecule has 3 aliphatic heterocycles. The third-order valence-corrected chi connectivity index (χ3v) is 9.99. The van der Waals surface area contributed by atoms with E-state index in [0.29, 0.717) is 0 Å². The number of carbonyl (C=O) groups is 5. The summed E-state index contributed by atoms with van der Waals surface area (Å²) in [4.78, 5) is 66.1. The standard InChI is InChI=1S/C37H45NO14/c1-15-10-9-11-21(14-39)28(42)17(3)27(41)18(4)33(51-20(6)40)16(2)22(49-8)12-13-50-37(7)35(47)25-23-24(29(43)19(5)34(25)52-37)30(44)26(38-36(15)48)32(46)31(23)45/h9-13,16-18,21-22,27-28,33,39,41-44H,14H2,1-8H3,(H,38,48)/t16-,17+,18-,21-,22+,27-,28-,33-,37+/m1/s1. The molecule has 0 radical (unpaired) electrons. The zero-order valence-electron chi connectivity index (χ0n) is 30.1. The molecular formula is C37H45NO14. The number of nitrogens with one attached hydrogen (secondary N) is 1. The highest BCUT2D eigenvalue weighted by Crippen LogP contribution is 2.49. The van der Waals surface area contributed by atoms with Crippen molar-refractivity contribution in [2.24, 2.45) is 23.7 Å². The van der Waals surface area contributed by atoms with E-state index in [1.807, 2.05) is 0 Å². The summed E-state index contributed by atoms with van der Waals surface area (Å²) in [6, 6.07) is 0. The number of aromatic hydroxyl groups is 1. The van der Waals surface area contributed by atoms with Crippen molar-refractivity contribution in [3.05, 3.63) is 64.1 Å². The second kappa shape index (κ2) is 15.4. The number of phenols is 1. The molecule has 0 spiro atoms. The molecule has 0 saturated carbocycles. The molecule has 5 rings (SSSR count). The fraction of sp³-hybridized carbons (Fsp3) is 0.486. The van der Waals surface area contributed by atoms with Crippen molar-refractivity contribution in [1.82, 2.24) is 5.32 Å². The molecule has 0 fully saturated rings. The number of hydrogen-bond acceptors (Lipinski definition) is 14. The smallest absolute Gasteiger partial charge is 0.312 e. The Labute approximate surface area is 300 Å². The number of aliphatic hydroxyl groups excluding tert-OH is 4. The van der Waals surface area contributed by atoms with Crippen LogP contribution in [0.25, 0.3) is 5.76 Å². The van der Waals surface area contributed by atoms with E-state index >= 15 is 0 Å². The number of hydrogen-bond donors (Lipinski definition) is 6. The van der Waals surface area contributed by atoms with Gasteiger partial charge in [-0.15, -0.1) is 0 Å². The Morgan fingerprint density at radius 1 is 0.942 bits per heavy atom. The highest BCUT2D eigenvalue weighted by atomic mass is 16.7. The van der Waals surface area contributed by atoms with E-state index < -0.39 is 124 Å². The van der Waals surface area contributed by atoms with Crippen molar-refractivity contribution in [3.63, 3.8) is 0 Å². The Bertz CT molecular complexity index is 1790. The molecule has 1 amide bonds. The highest BCUT2D eigenvalue weighted by Gasteiger charge is 2.53. The predicted octanol–water partition coefficient (Wildman–Crippen LogP) is 2.33. The molecule has 0 unspecified atom stereocenters. The van der Waals surface area contributed by atoms with Crippen molar-refractivity contribution in [1.29, 1.82) is 0 Å². The molecule has 6 N–H and O–H groups in total. The van der Waals surface area contributed by atoms with E-state index in [9.17, 15) is 49.5 Å². The first kappa shape index (κ1) is 39.9. The van der Waals surface area contributed by atoms with Gasteiger partial charge >= 0.3 is 11.8 Å². The first-order valence-electron chi connectivity index (χ1n) is 16.7. The summed E-state index contributed by atoms with van der Waals surface area (Å²) in [6.45, 7) is 9.49. The number of fused-ring (bicyclic) bond motifs is 14. The van der Waals surface area contributed by atoms with Crippen LogP contribution in [0.15, 0.2) is 41.8 Å². The fourth-order valence-electron chi connectivity index (χ4n) is 6.73. The fourth-order valence-corrected chi connectivity index (χ4v) is 6.73. The lowest BCUT2D eigenvalue weighted by molar-refractivity contribution is -0.160. The van der Waals surface area contributed by atoms with Crippen LogP contribution in [0.1, 0.15) is 73.4 Å². The van der Waals surface area contributed by atoms with Gasteiger partial charge in [0, 0.05) is 55.8 Å². The molecule has 9 atom stereocenters. The van der Waals surface area contributed by atoms with Gasteiger partial charge in [0.05, 0.1) is 47.9 Å². The molecule has 0 saturated heterocycles. The maximum absolute atomic E-state index is 13.9. The monoisotopic (exact) mass is 727 g/mol. The number of benzene rings is 1. The van der Waals surface area contributed by atoms with Crippen molar-refractivity contribution in [3.8, 4) is 11.5 Å². The van der Waals surface area contributed by atoms with Crippen LogP contribution in [0.4, 0.5) is 0 Å². The van der Waals surface area contributed by atoms with E-state index in [0.717, 1.165) is 6.26 Å². The minimum absolute atomic E-state index is 0.0326. The summed E-state index contributed by atoms with van der Waals surface area (Å²) < 4.78 is 22.9. The first-order chi connectivity index (χ1) is 24.3. The SMILES string of the molecule is CO[C@H]1C=CO[C@@]2(C)Oc3c(C)c(O)c4c(c3C2=O)C(=O)C(=O)C(=C4O)NC(=O)C(C)=CC=C[C@H](CO)[C@H](O)[C@@H](C)[C@@H](O)[C@@H](C)[C@H](OC(C)=O)[C@@H]1C. The normalized spacial score (nSPS) is 31.6. The molecule has 1 aromatic carbocycles. The third kappa shape index (κ3) is 7.13. The molecule has 0 aromatic heterocycles. The van der Waals surface area contributed by atoms with Gasteiger partial charge in [0.1, 0.15) is 23.3 Å². The van der Waals surface area contributed by atoms with Crippen molar-refractivity contribution >= 4 is 35.0 Å². The molecule has 1 aliphatic carbocycles. The Morgan fingerprint density at radius 3 is 2.19 bits per heavy atom. The van der Waals surface area contributed by atoms with E-state index in [-0.39, 0.29) is 16.9 Å². The van der Waals surface area contributed by atoms with Gasteiger partial charge in [0.25, 0.3) is 17.5 Å². The maximum atomic E-state index is 13.9. The van der Waals surface area contributed by atoms with Crippen LogP contribution >= 0.6 is 0 Å². The topological polar surface area (TPSA) is 235 Å².